The minimum absolute atomic E-state index is 0.173. The summed E-state index contributed by atoms with van der Waals surface area (Å²) < 4.78 is 5.30. The van der Waals surface area contributed by atoms with Gasteiger partial charge < -0.3 is 4.42 Å². The lowest BCUT2D eigenvalue weighted by atomic mass is 10.4. The van der Waals surface area contributed by atoms with Crippen molar-refractivity contribution in [3.63, 3.8) is 0 Å². The van der Waals surface area contributed by atoms with Crippen LogP contribution in [0.3, 0.4) is 0 Å². The molecule has 0 aliphatic carbocycles. The Balaban J connectivity index is 1.82. The third kappa shape index (κ3) is 3.94. The van der Waals surface area contributed by atoms with Gasteiger partial charge in [-0.15, -0.1) is 11.3 Å². The minimum atomic E-state index is -0.280. The van der Waals surface area contributed by atoms with Crippen molar-refractivity contribution < 1.29 is 14.0 Å². The molecule has 0 aliphatic rings. The SMILES string of the molecule is CC(=O)N(Cc1ccco1)c1nc(C)c(C(=O)Nc2ncc(C)s2)s1. The molecule has 0 spiro atoms. The molecule has 130 valence electrons. The Morgan fingerprint density at radius 3 is 2.72 bits per heavy atom. The molecule has 25 heavy (non-hydrogen) atoms. The van der Waals surface area contributed by atoms with Crippen LogP contribution in [0.5, 0.6) is 0 Å². The van der Waals surface area contributed by atoms with Crippen molar-refractivity contribution in [2.75, 3.05) is 10.2 Å². The van der Waals surface area contributed by atoms with E-state index in [1.807, 2.05) is 6.92 Å². The predicted molar refractivity (Wildman–Crippen MR) is 97.2 cm³/mol. The summed E-state index contributed by atoms with van der Waals surface area (Å²) in [7, 11) is 0. The quantitative estimate of drug-likeness (QED) is 0.735. The van der Waals surface area contributed by atoms with Crippen molar-refractivity contribution in [2.24, 2.45) is 0 Å². The highest BCUT2D eigenvalue weighted by atomic mass is 32.1. The standard InChI is InChI=1S/C16H16N4O3S2/c1-9-7-17-15(24-9)19-14(22)13-10(2)18-16(25-13)20(11(3)21)8-12-5-4-6-23-12/h4-7H,8H2,1-3H3,(H,17,19,22). The van der Waals surface area contributed by atoms with Crippen molar-refractivity contribution in [1.82, 2.24) is 9.97 Å². The highest BCUT2D eigenvalue weighted by molar-refractivity contribution is 7.18. The molecular weight excluding hydrogens is 360 g/mol. The Labute approximate surface area is 152 Å². The smallest absolute Gasteiger partial charge is 0.269 e. The van der Waals surface area contributed by atoms with Crippen molar-refractivity contribution in [2.45, 2.75) is 27.3 Å². The van der Waals surface area contributed by atoms with Gasteiger partial charge in [0.2, 0.25) is 5.91 Å². The van der Waals surface area contributed by atoms with Gasteiger partial charge in [-0.2, -0.15) is 0 Å². The minimum Gasteiger partial charge on any atom is -0.467 e. The van der Waals surface area contributed by atoms with Gasteiger partial charge >= 0.3 is 0 Å². The Morgan fingerprint density at radius 2 is 2.12 bits per heavy atom. The van der Waals surface area contributed by atoms with Gasteiger partial charge in [0.15, 0.2) is 10.3 Å². The molecule has 0 atom stereocenters. The normalized spacial score (nSPS) is 10.7. The summed E-state index contributed by atoms with van der Waals surface area (Å²) in [4.78, 5) is 35.9. The molecule has 0 saturated heterocycles. The number of anilines is 2. The molecule has 3 rings (SSSR count). The molecule has 0 saturated carbocycles. The first-order valence-corrected chi connectivity index (χ1v) is 9.09. The van der Waals surface area contributed by atoms with Crippen LogP contribution in [0.2, 0.25) is 0 Å². The zero-order valence-corrected chi connectivity index (χ0v) is 15.5. The molecule has 0 aliphatic heterocycles. The molecule has 0 fully saturated rings. The maximum atomic E-state index is 12.5. The first-order chi connectivity index (χ1) is 11.9. The number of furan rings is 1. The Kier molecular flexibility index (Phi) is 4.95. The fraction of sp³-hybridized carbons (Fsp3) is 0.250. The summed E-state index contributed by atoms with van der Waals surface area (Å²) in [5.41, 5.74) is 0.566. The Hall–Kier alpha value is -2.52. The van der Waals surface area contributed by atoms with Gasteiger partial charge in [-0.05, 0) is 26.0 Å². The summed E-state index contributed by atoms with van der Waals surface area (Å²) in [6.07, 6.45) is 3.25. The number of nitrogens with one attached hydrogen (secondary N) is 1. The number of carbonyl (C=O) groups is 2. The second kappa shape index (κ2) is 7.16. The maximum absolute atomic E-state index is 12.5. The van der Waals surface area contributed by atoms with Crippen molar-refractivity contribution in [3.05, 3.63) is 45.8 Å². The lowest BCUT2D eigenvalue weighted by Crippen LogP contribution is -2.27. The summed E-state index contributed by atoms with van der Waals surface area (Å²) in [6.45, 7) is 5.38. The first kappa shape index (κ1) is 17.3. The molecule has 1 N–H and O–H groups in total. The van der Waals surface area contributed by atoms with Crippen molar-refractivity contribution in [3.8, 4) is 0 Å². The van der Waals surface area contributed by atoms with Crippen LogP contribution in [0, 0.1) is 13.8 Å². The third-order valence-corrected chi connectivity index (χ3v) is 5.35. The number of rotatable bonds is 5. The zero-order valence-electron chi connectivity index (χ0n) is 13.9. The molecule has 9 heteroatoms. The molecule has 3 aromatic heterocycles. The van der Waals surface area contributed by atoms with Gasteiger partial charge in [-0.1, -0.05) is 11.3 Å². The number of aromatic nitrogens is 2. The number of thiazole rings is 2. The molecule has 0 radical (unpaired) electrons. The second-order valence-electron chi connectivity index (χ2n) is 5.33. The first-order valence-electron chi connectivity index (χ1n) is 7.45. The van der Waals surface area contributed by atoms with Gasteiger partial charge in [-0.25, -0.2) is 9.97 Å². The molecule has 3 heterocycles. The monoisotopic (exact) mass is 376 g/mol. The van der Waals surface area contributed by atoms with E-state index in [2.05, 4.69) is 15.3 Å². The summed E-state index contributed by atoms with van der Waals surface area (Å²) in [5.74, 6) is 0.192. The fourth-order valence-corrected chi connectivity index (χ4v) is 3.81. The van der Waals surface area contributed by atoms with E-state index in [4.69, 9.17) is 4.42 Å². The summed E-state index contributed by atoms with van der Waals surface area (Å²) in [6, 6.07) is 3.55. The maximum Gasteiger partial charge on any atom is 0.269 e. The molecule has 0 aromatic carbocycles. The van der Waals surface area contributed by atoms with Crippen LogP contribution in [-0.2, 0) is 11.3 Å². The van der Waals surface area contributed by atoms with Crippen LogP contribution in [0.15, 0.2) is 29.0 Å². The highest BCUT2D eigenvalue weighted by Gasteiger charge is 2.22. The van der Waals surface area contributed by atoms with Crippen molar-refractivity contribution >= 4 is 44.8 Å². The highest BCUT2D eigenvalue weighted by Crippen LogP contribution is 2.29. The van der Waals surface area contributed by atoms with E-state index in [1.165, 1.54) is 34.5 Å². The summed E-state index contributed by atoms with van der Waals surface area (Å²) >= 11 is 2.57. The van der Waals surface area contributed by atoms with Crippen LogP contribution >= 0.6 is 22.7 Å². The zero-order chi connectivity index (χ0) is 18.0. The molecule has 7 nitrogen and oxygen atoms in total. The number of amides is 2. The van der Waals surface area contributed by atoms with Crippen LogP contribution in [0.25, 0.3) is 0 Å². The van der Waals surface area contributed by atoms with E-state index < -0.39 is 0 Å². The van der Waals surface area contributed by atoms with Crippen LogP contribution < -0.4 is 10.2 Å². The second-order valence-corrected chi connectivity index (χ2v) is 7.54. The number of aryl methyl sites for hydroxylation is 2. The molecule has 2 amide bonds. The summed E-state index contributed by atoms with van der Waals surface area (Å²) in [5, 5.41) is 3.76. The number of hydrogen-bond acceptors (Lipinski definition) is 7. The number of hydrogen-bond donors (Lipinski definition) is 1. The average molecular weight is 376 g/mol. The number of carbonyl (C=O) groups excluding carboxylic acids is 2. The lowest BCUT2D eigenvalue weighted by molar-refractivity contribution is -0.116. The predicted octanol–water partition coefficient (Wildman–Crippen LogP) is 3.61. The van der Waals surface area contributed by atoms with E-state index >= 15 is 0 Å². The third-order valence-electron chi connectivity index (χ3n) is 3.34. The largest absolute Gasteiger partial charge is 0.467 e. The van der Waals surface area contributed by atoms with E-state index in [-0.39, 0.29) is 18.4 Å². The van der Waals surface area contributed by atoms with Crippen LogP contribution in [-0.4, -0.2) is 21.8 Å². The van der Waals surface area contributed by atoms with Crippen LogP contribution in [0.1, 0.15) is 32.9 Å². The Bertz CT molecular complexity index is 899. The van der Waals surface area contributed by atoms with E-state index in [1.54, 1.807) is 31.5 Å². The molecular formula is C16H16N4O3S2. The molecule has 0 unspecified atom stereocenters. The van der Waals surface area contributed by atoms with Gasteiger partial charge in [0.25, 0.3) is 5.91 Å². The Morgan fingerprint density at radius 1 is 1.32 bits per heavy atom. The number of nitrogens with zero attached hydrogens (tertiary/aromatic N) is 3. The van der Waals surface area contributed by atoms with Gasteiger partial charge in [0.05, 0.1) is 18.5 Å². The van der Waals surface area contributed by atoms with Crippen molar-refractivity contribution in [1.29, 1.82) is 0 Å². The lowest BCUT2D eigenvalue weighted by Gasteiger charge is -2.16. The fourth-order valence-electron chi connectivity index (χ4n) is 2.15. The molecule has 3 aromatic rings. The van der Waals surface area contributed by atoms with Gasteiger partial charge in [0, 0.05) is 18.0 Å². The van der Waals surface area contributed by atoms with E-state index in [0.717, 1.165) is 4.88 Å². The van der Waals surface area contributed by atoms with E-state index in [0.29, 0.717) is 26.6 Å². The topological polar surface area (TPSA) is 88.3 Å². The van der Waals surface area contributed by atoms with Crippen LogP contribution in [0.4, 0.5) is 10.3 Å². The van der Waals surface area contributed by atoms with Gasteiger partial charge in [-0.3, -0.25) is 19.8 Å². The van der Waals surface area contributed by atoms with Gasteiger partial charge in [0.1, 0.15) is 10.6 Å². The molecule has 0 bridgehead atoms. The average Bonchev–Trinajstić information content (AvgIpc) is 3.26. The van der Waals surface area contributed by atoms with E-state index in [9.17, 15) is 9.59 Å².